The summed E-state index contributed by atoms with van der Waals surface area (Å²) in [4.78, 5) is 13.4. The van der Waals surface area contributed by atoms with E-state index in [2.05, 4.69) is 51.2 Å². The molecular weight excluding hydrogens is 262 g/mol. The van der Waals surface area contributed by atoms with Crippen LogP contribution < -0.4 is 10.2 Å². The molecule has 3 rings (SSSR count). The van der Waals surface area contributed by atoms with Crippen LogP contribution in [0.5, 0.6) is 0 Å². The highest BCUT2D eigenvalue weighted by Crippen LogP contribution is 2.21. The third-order valence-corrected chi connectivity index (χ3v) is 3.89. The second-order valence-electron chi connectivity index (χ2n) is 5.49. The first-order valence-corrected chi connectivity index (χ1v) is 7.30. The second-order valence-corrected chi connectivity index (χ2v) is 5.49. The molecule has 1 fully saturated rings. The summed E-state index contributed by atoms with van der Waals surface area (Å²) in [6, 6.07) is 10.2. The lowest BCUT2D eigenvalue weighted by Crippen LogP contribution is -2.44. The van der Waals surface area contributed by atoms with Gasteiger partial charge in [0.15, 0.2) is 0 Å². The fraction of sp³-hybridized carbons (Fsp3) is 0.375. The molecule has 1 aliphatic rings. The van der Waals surface area contributed by atoms with E-state index in [1.807, 2.05) is 18.2 Å². The number of hydrogen-bond acceptors (Lipinski definition) is 5. The number of rotatable bonds is 3. The Hall–Kier alpha value is -2.14. The Balaban J connectivity index is 1.76. The Morgan fingerprint density at radius 1 is 1.05 bits per heavy atom. The van der Waals surface area contributed by atoms with E-state index in [0.29, 0.717) is 0 Å². The largest absolute Gasteiger partial charge is 0.354 e. The van der Waals surface area contributed by atoms with Gasteiger partial charge < -0.3 is 15.1 Å². The normalized spacial score (nSPS) is 16.0. The van der Waals surface area contributed by atoms with Crippen molar-refractivity contribution in [2.45, 2.75) is 6.92 Å². The number of aryl methyl sites for hydroxylation is 1. The minimum absolute atomic E-state index is 0.841. The van der Waals surface area contributed by atoms with Crippen LogP contribution in [-0.2, 0) is 0 Å². The molecule has 110 valence electrons. The first-order valence-electron chi connectivity index (χ1n) is 7.30. The van der Waals surface area contributed by atoms with E-state index in [1.54, 1.807) is 6.33 Å². The smallest absolute Gasteiger partial charge is 0.135 e. The fourth-order valence-corrected chi connectivity index (χ4v) is 2.48. The van der Waals surface area contributed by atoms with Gasteiger partial charge in [-0.05, 0) is 25.6 Å². The molecule has 0 unspecified atom stereocenters. The Kier molecular flexibility index (Phi) is 4.01. The Bertz CT molecular complexity index is 605. The molecule has 0 atom stereocenters. The van der Waals surface area contributed by atoms with Crippen molar-refractivity contribution in [3.05, 3.63) is 42.2 Å². The van der Waals surface area contributed by atoms with E-state index in [4.69, 9.17) is 0 Å². The zero-order valence-corrected chi connectivity index (χ0v) is 12.6. The van der Waals surface area contributed by atoms with E-state index in [9.17, 15) is 0 Å². The van der Waals surface area contributed by atoms with Crippen molar-refractivity contribution in [1.82, 2.24) is 14.9 Å². The minimum Gasteiger partial charge on any atom is -0.354 e. The van der Waals surface area contributed by atoms with Crippen molar-refractivity contribution in [2.75, 3.05) is 43.4 Å². The lowest BCUT2D eigenvalue weighted by molar-refractivity contribution is 0.312. The Labute approximate surface area is 125 Å². The average Bonchev–Trinajstić information content (AvgIpc) is 2.51. The van der Waals surface area contributed by atoms with Gasteiger partial charge in [-0.25, -0.2) is 9.97 Å². The SMILES string of the molecule is Cc1ccccc1Nc1cc(N2CCN(C)CC2)ncn1. The molecule has 2 heterocycles. The van der Waals surface area contributed by atoms with E-state index in [-0.39, 0.29) is 0 Å². The molecule has 1 aromatic carbocycles. The van der Waals surface area contributed by atoms with Gasteiger partial charge in [0.05, 0.1) is 0 Å². The van der Waals surface area contributed by atoms with Gasteiger partial charge in [0.1, 0.15) is 18.0 Å². The number of nitrogens with one attached hydrogen (secondary N) is 1. The highest BCUT2D eigenvalue weighted by molar-refractivity contribution is 5.62. The van der Waals surface area contributed by atoms with Crippen molar-refractivity contribution in [1.29, 1.82) is 0 Å². The van der Waals surface area contributed by atoms with Gasteiger partial charge in [0.25, 0.3) is 0 Å². The van der Waals surface area contributed by atoms with Crippen LogP contribution in [0.1, 0.15) is 5.56 Å². The van der Waals surface area contributed by atoms with Gasteiger partial charge in [0, 0.05) is 37.9 Å². The summed E-state index contributed by atoms with van der Waals surface area (Å²) in [6.07, 6.45) is 1.63. The Morgan fingerprint density at radius 2 is 1.81 bits per heavy atom. The zero-order valence-electron chi connectivity index (χ0n) is 12.6. The number of aromatic nitrogens is 2. The van der Waals surface area contributed by atoms with Crippen LogP contribution in [-0.4, -0.2) is 48.1 Å². The maximum absolute atomic E-state index is 4.41. The van der Waals surface area contributed by atoms with Crippen LogP contribution in [0.2, 0.25) is 0 Å². The summed E-state index contributed by atoms with van der Waals surface area (Å²) in [5, 5.41) is 3.37. The lowest BCUT2D eigenvalue weighted by atomic mass is 10.2. The van der Waals surface area contributed by atoms with Crippen LogP contribution in [0.4, 0.5) is 17.3 Å². The molecule has 0 saturated carbocycles. The molecular formula is C16H21N5. The molecule has 0 radical (unpaired) electrons. The third-order valence-electron chi connectivity index (χ3n) is 3.89. The molecule has 1 saturated heterocycles. The summed E-state index contributed by atoms with van der Waals surface area (Å²) in [5.41, 5.74) is 2.29. The standard InChI is InChI=1S/C16H21N5/c1-13-5-3-4-6-14(13)19-15-11-16(18-12-17-15)21-9-7-20(2)8-10-21/h3-6,11-12H,7-10H2,1-2H3,(H,17,18,19). The average molecular weight is 283 g/mol. The number of anilines is 3. The fourth-order valence-electron chi connectivity index (χ4n) is 2.48. The topological polar surface area (TPSA) is 44.3 Å². The van der Waals surface area contributed by atoms with Gasteiger partial charge in [-0.3, -0.25) is 0 Å². The molecule has 1 aromatic heterocycles. The molecule has 5 nitrogen and oxygen atoms in total. The maximum Gasteiger partial charge on any atom is 0.135 e. The van der Waals surface area contributed by atoms with Crippen molar-refractivity contribution < 1.29 is 0 Å². The van der Waals surface area contributed by atoms with Crippen molar-refractivity contribution in [3.63, 3.8) is 0 Å². The minimum atomic E-state index is 0.841. The van der Waals surface area contributed by atoms with Gasteiger partial charge in [-0.15, -0.1) is 0 Å². The number of benzene rings is 1. The highest BCUT2D eigenvalue weighted by atomic mass is 15.3. The van der Waals surface area contributed by atoms with Gasteiger partial charge in [-0.1, -0.05) is 18.2 Å². The first kappa shape index (κ1) is 13.8. The predicted octanol–water partition coefficient (Wildman–Crippen LogP) is 2.28. The van der Waals surface area contributed by atoms with Crippen LogP contribution in [0.15, 0.2) is 36.7 Å². The van der Waals surface area contributed by atoms with E-state index < -0.39 is 0 Å². The van der Waals surface area contributed by atoms with Crippen molar-refractivity contribution in [3.8, 4) is 0 Å². The highest BCUT2D eigenvalue weighted by Gasteiger charge is 2.15. The third kappa shape index (κ3) is 3.31. The summed E-state index contributed by atoms with van der Waals surface area (Å²) < 4.78 is 0. The first-order chi connectivity index (χ1) is 10.2. The molecule has 0 spiro atoms. The molecule has 5 heteroatoms. The molecule has 1 N–H and O–H groups in total. The number of nitrogens with zero attached hydrogens (tertiary/aromatic N) is 4. The number of likely N-dealkylation sites (N-methyl/N-ethyl adjacent to an activating group) is 1. The van der Waals surface area contributed by atoms with Crippen LogP contribution in [0, 0.1) is 6.92 Å². The van der Waals surface area contributed by atoms with Crippen molar-refractivity contribution in [2.24, 2.45) is 0 Å². The summed E-state index contributed by atoms with van der Waals surface area (Å²) in [6.45, 7) is 6.26. The number of piperazine rings is 1. The number of hydrogen-bond donors (Lipinski definition) is 1. The monoisotopic (exact) mass is 283 g/mol. The van der Waals surface area contributed by atoms with E-state index >= 15 is 0 Å². The zero-order chi connectivity index (χ0) is 14.7. The molecule has 0 bridgehead atoms. The molecule has 21 heavy (non-hydrogen) atoms. The molecule has 1 aliphatic heterocycles. The summed E-state index contributed by atoms with van der Waals surface area (Å²) in [7, 11) is 2.16. The van der Waals surface area contributed by atoms with Gasteiger partial charge in [-0.2, -0.15) is 0 Å². The van der Waals surface area contributed by atoms with E-state index in [1.165, 1.54) is 5.56 Å². The summed E-state index contributed by atoms with van der Waals surface area (Å²) >= 11 is 0. The van der Waals surface area contributed by atoms with E-state index in [0.717, 1.165) is 43.5 Å². The number of para-hydroxylation sites is 1. The quantitative estimate of drug-likeness (QED) is 0.936. The van der Waals surface area contributed by atoms with Gasteiger partial charge in [0.2, 0.25) is 0 Å². The molecule has 0 aliphatic carbocycles. The van der Waals surface area contributed by atoms with Gasteiger partial charge >= 0.3 is 0 Å². The van der Waals surface area contributed by atoms with Crippen LogP contribution in [0.3, 0.4) is 0 Å². The second kappa shape index (κ2) is 6.10. The Morgan fingerprint density at radius 3 is 2.57 bits per heavy atom. The van der Waals surface area contributed by atoms with Crippen LogP contribution in [0.25, 0.3) is 0 Å². The molecule has 0 amide bonds. The van der Waals surface area contributed by atoms with Crippen molar-refractivity contribution >= 4 is 17.3 Å². The maximum atomic E-state index is 4.41. The lowest BCUT2D eigenvalue weighted by Gasteiger charge is -2.33. The summed E-state index contributed by atoms with van der Waals surface area (Å²) in [5.74, 6) is 1.84. The molecule has 2 aromatic rings. The predicted molar refractivity (Wildman–Crippen MR) is 86.2 cm³/mol. The van der Waals surface area contributed by atoms with Crippen LogP contribution >= 0.6 is 0 Å².